The van der Waals surface area contributed by atoms with E-state index >= 15 is 0 Å². The van der Waals surface area contributed by atoms with E-state index in [2.05, 4.69) is 43.0 Å². The summed E-state index contributed by atoms with van der Waals surface area (Å²) in [6.07, 6.45) is 8.35. The summed E-state index contributed by atoms with van der Waals surface area (Å²) in [6.45, 7) is 3.74. The Morgan fingerprint density at radius 2 is 1.72 bits per heavy atom. The molecule has 1 aliphatic rings. The largest absolute Gasteiger partial charge is 2.00 e. The summed E-state index contributed by atoms with van der Waals surface area (Å²) in [6, 6.07) is 8.44. The van der Waals surface area contributed by atoms with Crippen molar-refractivity contribution in [3.63, 3.8) is 0 Å². The van der Waals surface area contributed by atoms with Gasteiger partial charge in [-0.25, -0.2) is 6.08 Å². The topological polar surface area (TPSA) is 0 Å². The van der Waals surface area contributed by atoms with E-state index in [1.165, 1.54) is 11.1 Å². The van der Waals surface area contributed by atoms with Crippen LogP contribution in [0.25, 0.3) is 6.08 Å². The van der Waals surface area contributed by atoms with Crippen LogP contribution in [0.1, 0.15) is 23.5 Å². The first-order chi connectivity index (χ1) is 5.92. The van der Waals surface area contributed by atoms with E-state index in [1.807, 2.05) is 6.08 Å². The summed E-state index contributed by atoms with van der Waals surface area (Å²) < 4.78 is 0. The molecule has 1 aromatic carbocycles. The van der Waals surface area contributed by atoms with Crippen molar-refractivity contribution in [3.05, 3.63) is 69.0 Å². The Morgan fingerprint density at radius 3 is 2.28 bits per heavy atom. The predicted molar refractivity (Wildman–Crippen MR) is 70.3 cm³/mol. The Hall–Kier alpha value is 0.380. The maximum absolute atomic E-state index is 3.74. The number of hydrogen-bond acceptors (Lipinski definition) is 0. The number of allylic oxidation sites excluding steroid dienone is 2. The molecule has 98 valence electrons. The third-order valence-electron chi connectivity index (χ3n) is 2.21. The maximum atomic E-state index is 3.74. The van der Waals surface area contributed by atoms with E-state index in [4.69, 9.17) is 0 Å². The second-order valence-corrected chi connectivity index (χ2v) is 3.02. The molecule has 0 N–H and O–H groups in total. The van der Waals surface area contributed by atoms with Gasteiger partial charge >= 0.3 is 26.2 Å². The number of hydrogen-bond donors (Lipinski definition) is 0. The normalized spacial score (nSPS) is 12.8. The standard InChI is InChI=1S/C12H11.2CH3.2ClH.Si.Zr/c1-2-5-10-8-9-11-6-3-4-7-12(10)11;;;;;;/h2-4,6-7,9-10H,1,5H2;2*1H3;2*1H;;/q3*-1;;;;+2/p-2. The van der Waals surface area contributed by atoms with Gasteiger partial charge in [0.05, 0.1) is 0 Å². The fourth-order valence-corrected chi connectivity index (χ4v) is 1.60. The van der Waals surface area contributed by atoms with Crippen molar-refractivity contribution < 1.29 is 51.0 Å². The molecule has 1 aliphatic carbocycles. The van der Waals surface area contributed by atoms with E-state index in [1.54, 1.807) is 0 Å². The molecule has 0 fully saturated rings. The molecule has 0 heterocycles. The van der Waals surface area contributed by atoms with Gasteiger partial charge in [0, 0.05) is 11.0 Å². The quantitative estimate of drug-likeness (QED) is 0.310. The molecule has 1 atom stereocenters. The summed E-state index contributed by atoms with van der Waals surface area (Å²) >= 11 is 0. The van der Waals surface area contributed by atoms with Crippen LogP contribution >= 0.6 is 0 Å². The first kappa shape index (κ1) is 31.0. The number of fused-ring (bicyclic) bond motifs is 1. The SMILES string of the molecule is C=CCC1[C-]=Cc2ccccc21.[CH3-].[CH3-].[Cl-].[Cl-].[Si].[Zr+2]. The molecular formula is C14H17Cl2SiZr-3. The fraction of sp³-hybridized carbons (Fsp3) is 0.143. The molecule has 0 aliphatic heterocycles. The average molecular weight is 376 g/mol. The van der Waals surface area contributed by atoms with E-state index < -0.39 is 0 Å². The Morgan fingerprint density at radius 1 is 1.17 bits per heavy atom. The van der Waals surface area contributed by atoms with Gasteiger partial charge in [-0.1, -0.05) is 30.2 Å². The van der Waals surface area contributed by atoms with Gasteiger partial charge in [0.25, 0.3) is 0 Å². The predicted octanol–water partition coefficient (Wildman–Crippen LogP) is -2.30. The second kappa shape index (κ2) is 15.4. The fourth-order valence-electron chi connectivity index (χ4n) is 1.60. The van der Waals surface area contributed by atoms with Crippen molar-refractivity contribution in [3.8, 4) is 0 Å². The third-order valence-corrected chi connectivity index (χ3v) is 2.21. The van der Waals surface area contributed by atoms with E-state index in [-0.39, 0.29) is 76.8 Å². The molecule has 0 saturated carbocycles. The van der Waals surface area contributed by atoms with Crippen molar-refractivity contribution in [1.29, 1.82) is 0 Å². The third kappa shape index (κ3) is 7.09. The van der Waals surface area contributed by atoms with E-state index in [0.29, 0.717) is 5.92 Å². The van der Waals surface area contributed by atoms with Crippen molar-refractivity contribution in [1.82, 2.24) is 0 Å². The second-order valence-electron chi connectivity index (χ2n) is 3.02. The van der Waals surface area contributed by atoms with Crippen LogP contribution in [0, 0.1) is 20.9 Å². The van der Waals surface area contributed by atoms with Gasteiger partial charge in [0.1, 0.15) is 0 Å². The number of rotatable bonds is 2. The molecule has 0 nitrogen and oxygen atoms in total. The zero-order valence-corrected chi connectivity index (χ0v) is 15.7. The molecule has 2 rings (SSSR count). The summed E-state index contributed by atoms with van der Waals surface area (Å²) in [5.74, 6) is 0.443. The summed E-state index contributed by atoms with van der Waals surface area (Å²) in [4.78, 5) is 0. The monoisotopic (exact) mass is 373 g/mol. The molecule has 0 aromatic heterocycles. The van der Waals surface area contributed by atoms with Crippen LogP contribution in [0.4, 0.5) is 0 Å². The zero-order valence-electron chi connectivity index (χ0n) is 10.7. The average Bonchev–Trinajstić information content (AvgIpc) is 2.50. The van der Waals surface area contributed by atoms with Crippen LogP contribution in [-0.2, 0) is 26.2 Å². The van der Waals surface area contributed by atoms with Crippen LogP contribution in [0.2, 0.25) is 0 Å². The van der Waals surface area contributed by atoms with Crippen molar-refractivity contribution in [2.75, 3.05) is 0 Å². The smallest absolute Gasteiger partial charge is 1.00 e. The Kier molecular flexibility index (Phi) is 26.6. The van der Waals surface area contributed by atoms with E-state index in [9.17, 15) is 0 Å². The molecule has 0 bridgehead atoms. The van der Waals surface area contributed by atoms with Crippen LogP contribution < -0.4 is 24.8 Å². The molecule has 18 heavy (non-hydrogen) atoms. The maximum Gasteiger partial charge on any atom is 2.00 e. The zero-order chi connectivity index (χ0) is 8.39. The minimum atomic E-state index is 0. The molecule has 4 radical (unpaired) electrons. The van der Waals surface area contributed by atoms with Crippen molar-refractivity contribution >= 4 is 17.0 Å². The van der Waals surface area contributed by atoms with Gasteiger partial charge in [-0.15, -0.1) is 18.2 Å². The minimum absolute atomic E-state index is 0. The Labute approximate surface area is 148 Å². The van der Waals surface area contributed by atoms with Gasteiger partial charge in [-0.3, -0.25) is 6.08 Å². The summed E-state index contributed by atoms with van der Waals surface area (Å²) in [7, 11) is 0. The molecule has 4 heteroatoms. The van der Waals surface area contributed by atoms with Gasteiger partial charge in [0.2, 0.25) is 0 Å². The Bertz CT molecular complexity index is 340. The van der Waals surface area contributed by atoms with Crippen molar-refractivity contribution in [2.45, 2.75) is 12.3 Å². The van der Waals surface area contributed by atoms with Gasteiger partial charge in [-0.05, 0) is 6.42 Å². The van der Waals surface area contributed by atoms with E-state index in [0.717, 1.165) is 6.42 Å². The van der Waals surface area contributed by atoms with Crippen LogP contribution in [0.15, 0.2) is 36.9 Å². The molecule has 1 aromatic rings. The number of benzene rings is 1. The van der Waals surface area contributed by atoms with Gasteiger partial charge < -0.3 is 39.7 Å². The minimum Gasteiger partial charge on any atom is -1.00 e. The van der Waals surface area contributed by atoms with Gasteiger partial charge in [-0.2, -0.15) is 5.56 Å². The Balaban J connectivity index is -0.0000000939. The van der Waals surface area contributed by atoms with Crippen LogP contribution in [0.3, 0.4) is 0 Å². The molecule has 0 saturated heterocycles. The number of halogens is 2. The summed E-state index contributed by atoms with van der Waals surface area (Å²) in [5.41, 5.74) is 2.70. The van der Waals surface area contributed by atoms with Crippen LogP contribution in [0.5, 0.6) is 0 Å². The van der Waals surface area contributed by atoms with Crippen LogP contribution in [-0.4, -0.2) is 11.0 Å². The molecule has 0 amide bonds. The van der Waals surface area contributed by atoms with Crippen molar-refractivity contribution in [2.24, 2.45) is 0 Å². The van der Waals surface area contributed by atoms with Gasteiger partial charge in [0.15, 0.2) is 0 Å². The first-order valence-corrected chi connectivity index (χ1v) is 4.21. The first-order valence-electron chi connectivity index (χ1n) is 4.21. The summed E-state index contributed by atoms with van der Waals surface area (Å²) in [5, 5.41) is 0. The molecule has 1 unspecified atom stereocenters. The molecule has 0 spiro atoms. The molecular weight excluding hydrogens is 358 g/mol.